The summed E-state index contributed by atoms with van der Waals surface area (Å²) in [6.45, 7) is 11.8. The van der Waals surface area contributed by atoms with Gasteiger partial charge in [0.05, 0.1) is 0 Å². The zero-order chi connectivity index (χ0) is 15.5. The van der Waals surface area contributed by atoms with E-state index in [4.69, 9.17) is 0 Å². The van der Waals surface area contributed by atoms with Crippen molar-refractivity contribution < 1.29 is 0 Å². The molecule has 1 heterocycles. The van der Waals surface area contributed by atoms with Crippen LogP contribution in [0.1, 0.15) is 58.4 Å². The van der Waals surface area contributed by atoms with Crippen LogP contribution in [0.5, 0.6) is 0 Å². The van der Waals surface area contributed by atoms with Crippen LogP contribution in [0.3, 0.4) is 0 Å². The highest BCUT2D eigenvalue weighted by atomic mass is 79.9. The van der Waals surface area contributed by atoms with Crippen LogP contribution >= 0.6 is 15.9 Å². The number of piperidine rings is 1. The van der Waals surface area contributed by atoms with Gasteiger partial charge in [0.15, 0.2) is 0 Å². The summed E-state index contributed by atoms with van der Waals surface area (Å²) in [6, 6.07) is 8.82. The molecule has 0 aromatic heterocycles. The Labute approximate surface area is 139 Å². The number of halogens is 1. The quantitative estimate of drug-likeness (QED) is 0.727. The van der Waals surface area contributed by atoms with Crippen molar-refractivity contribution in [2.24, 2.45) is 17.3 Å². The summed E-state index contributed by atoms with van der Waals surface area (Å²) in [6.07, 6.45) is 3.97. The highest BCUT2D eigenvalue weighted by Crippen LogP contribution is 2.50. The summed E-state index contributed by atoms with van der Waals surface area (Å²) in [4.78, 5) is 0. The predicted molar refractivity (Wildman–Crippen MR) is 95.7 cm³/mol. The fourth-order valence-corrected chi connectivity index (χ4v) is 4.93. The number of hydrogen-bond donors (Lipinski definition) is 1. The van der Waals surface area contributed by atoms with Crippen molar-refractivity contribution in [3.8, 4) is 0 Å². The third-order valence-electron chi connectivity index (χ3n) is 4.80. The number of hydrogen-bond acceptors (Lipinski definition) is 1. The van der Waals surface area contributed by atoms with Crippen LogP contribution in [0.4, 0.5) is 0 Å². The predicted octanol–water partition coefficient (Wildman–Crippen LogP) is 5.60. The Bertz CT molecular complexity index is 443. The van der Waals surface area contributed by atoms with E-state index in [0.29, 0.717) is 11.3 Å². The first-order valence-electron chi connectivity index (χ1n) is 8.40. The Morgan fingerprint density at radius 2 is 1.76 bits per heavy atom. The van der Waals surface area contributed by atoms with Crippen LogP contribution in [0.15, 0.2) is 28.7 Å². The van der Waals surface area contributed by atoms with Crippen molar-refractivity contribution in [1.82, 2.24) is 5.32 Å². The molecule has 0 saturated carbocycles. The number of nitrogens with one attached hydrogen (secondary N) is 1. The molecular formula is C19H30BrN. The van der Waals surface area contributed by atoms with Gasteiger partial charge < -0.3 is 5.32 Å². The van der Waals surface area contributed by atoms with E-state index in [9.17, 15) is 0 Å². The smallest absolute Gasteiger partial charge is 0.0210 e. The highest BCUT2D eigenvalue weighted by Gasteiger charge is 2.42. The van der Waals surface area contributed by atoms with Gasteiger partial charge in [0, 0.05) is 16.9 Å². The van der Waals surface area contributed by atoms with Gasteiger partial charge in [-0.2, -0.15) is 0 Å². The number of benzene rings is 1. The molecule has 1 nitrogen and oxygen atoms in total. The first-order chi connectivity index (χ1) is 9.94. The van der Waals surface area contributed by atoms with E-state index < -0.39 is 0 Å². The third-order valence-corrected chi connectivity index (χ3v) is 5.52. The first-order valence-corrected chi connectivity index (χ1v) is 9.19. The zero-order valence-corrected chi connectivity index (χ0v) is 15.5. The Kier molecular flexibility index (Phi) is 5.90. The van der Waals surface area contributed by atoms with Gasteiger partial charge in [-0.05, 0) is 54.7 Å². The monoisotopic (exact) mass is 351 g/mol. The van der Waals surface area contributed by atoms with Crippen molar-refractivity contribution in [2.45, 2.75) is 52.9 Å². The minimum absolute atomic E-state index is 0.442. The summed E-state index contributed by atoms with van der Waals surface area (Å²) in [5, 5.41) is 3.64. The minimum Gasteiger partial charge on any atom is -0.316 e. The molecule has 1 aromatic rings. The largest absolute Gasteiger partial charge is 0.316 e. The van der Waals surface area contributed by atoms with Crippen LogP contribution in [0.25, 0.3) is 0 Å². The molecule has 1 aliphatic rings. The van der Waals surface area contributed by atoms with Gasteiger partial charge in [-0.25, -0.2) is 0 Å². The van der Waals surface area contributed by atoms with Crippen LogP contribution in [0.2, 0.25) is 0 Å². The van der Waals surface area contributed by atoms with E-state index in [2.05, 4.69) is 73.2 Å². The van der Waals surface area contributed by atoms with Gasteiger partial charge >= 0.3 is 0 Å². The lowest BCUT2D eigenvalue weighted by Crippen LogP contribution is -2.45. The van der Waals surface area contributed by atoms with Gasteiger partial charge in [-0.15, -0.1) is 0 Å². The van der Waals surface area contributed by atoms with E-state index in [1.165, 1.54) is 35.8 Å². The van der Waals surface area contributed by atoms with Crippen molar-refractivity contribution in [3.63, 3.8) is 0 Å². The second kappa shape index (κ2) is 7.28. The molecule has 1 saturated heterocycles. The molecule has 1 fully saturated rings. The zero-order valence-electron chi connectivity index (χ0n) is 14.0. The fourth-order valence-electron chi connectivity index (χ4n) is 4.37. The molecule has 21 heavy (non-hydrogen) atoms. The van der Waals surface area contributed by atoms with E-state index >= 15 is 0 Å². The second-order valence-electron chi connectivity index (χ2n) is 7.59. The lowest BCUT2D eigenvalue weighted by Gasteiger charge is -2.47. The molecule has 2 heteroatoms. The van der Waals surface area contributed by atoms with E-state index in [1.54, 1.807) is 0 Å². The Morgan fingerprint density at radius 3 is 2.33 bits per heavy atom. The fraction of sp³-hybridized carbons (Fsp3) is 0.684. The summed E-state index contributed by atoms with van der Waals surface area (Å²) in [5.74, 6) is 2.13. The van der Waals surface area contributed by atoms with Gasteiger partial charge in [0.1, 0.15) is 0 Å². The lowest BCUT2D eigenvalue weighted by molar-refractivity contribution is 0.0968. The molecule has 0 aliphatic carbocycles. The molecule has 2 rings (SSSR count). The minimum atomic E-state index is 0.442. The maximum absolute atomic E-state index is 3.79. The maximum atomic E-state index is 3.79. The van der Waals surface area contributed by atoms with Crippen molar-refractivity contribution in [1.29, 1.82) is 0 Å². The molecule has 118 valence electrons. The molecule has 1 aliphatic heterocycles. The molecule has 1 atom stereocenters. The standard InChI is InChI=1S/C19H30BrN/c1-14(2)11-19(12-15(3)4)9-10-21-13-17(19)16-7-5-6-8-18(16)20/h5-8,14-15,17,21H,9-13H2,1-4H3. The normalized spacial score (nSPS) is 22.0. The average Bonchev–Trinajstić information content (AvgIpc) is 2.38. The molecule has 1 N–H and O–H groups in total. The van der Waals surface area contributed by atoms with E-state index in [0.717, 1.165) is 18.4 Å². The van der Waals surface area contributed by atoms with Gasteiger partial charge in [0.2, 0.25) is 0 Å². The maximum Gasteiger partial charge on any atom is 0.0210 e. The molecule has 0 radical (unpaired) electrons. The summed E-state index contributed by atoms with van der Waals surface area (Å²) >= 11 is 3.79. The van der Waals surface area contributed by atoms with E-state index in [1.807, 2.05) is 0 Å². The molecule has 0 spiro atoms. The van der Waals surface area contributed by atoms with Gasteiger partial charge in [-0.1, -0.05) is 61.8 Å². The topological polar surface area (TPSA) is 12.0 Å². The van der Waals surface area contributed by atoms with Crippen LogP contribution in [-0.2, 0) is 0 Å². The summed E-state index contributed by atoms with van der Waals surface area (Å²) < 4.78 is 1.27. The second-order valence-corrected chi connectivity index (χ2v) is 8.44. The van der Waals surface area contributed by atoms with Crippen LogP contribution in [-0.4, -0.2) is 13.1 Å². The average molecular weight is 352 g/mol. The third kappa shape index (κ3) is 4.10. The van der Waals surface area contributed by atoms with Crippen molar-refractivity contribution in [2.75, 3.05) is 13.1 Å². The summed E-state index contributed by atoms with van der Waals surface area (Å²) in [7, 11) is 0. The molecule has 0 bridgehead atoms. The van der Waals surface area contributed by atoms with Crippen LogP contribution < -0.4 is 5.32 Å². The van der Waals surface area contributed by atoms with Crippen molar-refractivity contribution >= 4 is 15.9 Å². The Morgan fingerprint density at radius 1 is 1.14 bits per heavy atom. The van der Waals surface area contributed by atoms with Gasteiger partial charge in [0.25, 0.3) is 0 Å². The van der Waals surface area contributed by atoms with Crippen LogP contribution in [0, 0.1) is 17.3 Å². The Hall–Kier alpha value is -0.340. The van der Waals surface area contributed by atoms with Crippen molar-refractivity contribution in [3.05, 3.63) is 34.3 Å². The van der Waals surface area contributed by atoms with E-state index in [-0.39, 0.29) is 0 Å². The van der Waals surface area contributed by atoms with Gasteiger partial charge in [-0.3, -0.25) is 0 Å². The molecule has 1 unspecified atom stereocenters. The SMILES string of the molecule is CC(C)CC1(CC(C)C)CCNCC1c1ccccc1Br. The molecule has 1 aromatic carbocycles. The Balaban J connectivity index is 2.40. The summed E-state index contributed by atoms with van der Waals surface area (Å²) in [5.41, 5.74) is 1.93. The molecule has 0 amide bonds. The first kappa shape index (κ1) is 17.0. The highest BCUT2D eigenvalue weighted by molar-refractivity contribution is 9.10. The lowest BCUT2D eigenvalue weighted by atomic mass is 9.61. The molecular weight excluding hydrogens is 322 g/mol. The number of rotatable bonds is 5.